The van der Waals surface area contributed by atoms with Crippen molar-refractivity contribution in [3.63, 3.8) is 0 Å². The first-order chi connectivity index (χ1) is 25.3. The summed E-state index contributed by atoms with van der Waals surface area (Å²) in [5, 5.41) is 4.79. The molecule has 10 rings (SSSR count). The van der Waals surface area contributed by atoms with Gasteiger partial charge in [-0.2, -0.15) is 0 Å². The minimum Gasteiger partial charge on any atom is -0.456 e. The van der Waals surface area contributed by atoms with Crippen molar-refractivity contribution < 1.29 is 4.42 Å². The van der Waals surface area contributed by atoms with Gasteiger partial charge in [-0.15, -0.1) is 11.3 Å². The van der Waals surface area contributed by atoms with Gasteiger partial charge in [-0.05, 0) is 88.0 Å². The molecule has 10 aromatic rings. The van der Waals surface area contributed by atoms with Crippen LogP contribution in [0.2, 0.25) is 0 Å². The maximum Gasteiger partial charge on any atom is 0.135 e. The molecule has 0 atom stereocenters. The van der Waals surface area contributed by atoms with E-state index in [0.29, 0.717) is 0 Å². The van der Waals surface area contributed by atoms with Crippen LogP contribution in [0.15, 0.2) is 192 Å². The lowest BCUT2D eigenvalue weighted by molar-refractivity contribution is 0.669. The Bertz CT molecular complexity index is 2850. The number of fused-ring (bicyclic) bond motifs is 6. The zero-order valence-corrected chi connectivity index (χ0v) is 28.5. The van der Waals surface area contributed by atoms with Crippen molar-refractivity contribution >= 4 is 70.5 Å². The molecule has 240 valence electrons. The van der Waals surface area contributed by atoms with Gasteiger partial charge in [0.05, 0.1) is 10.4 Å². The Morgan fingerprint density at radius 3 is 1.78 bits per heavy atom. The summed E-state index contributed by atoms with van der Waals surface area (Å²) in [6.45, 7) is 0. The Morgan fingerprint density at radius 1 is 0.392 bits per heavy atom. The number of benzene rings is 8. The lowest BCUT2D eigenvalue weighted by Crippen LogP contribution is -2.10. The molecule has 0 fully saturated rings. The van der Waals surface area contributed by atoms with Crippen LogP contribution in [-0.4, -0.2) is 0 Å². The van der Waals surface area contributed by atoms with Gasteiger partial charge in [-0.1, -0.05) is 133 Å². The number of furan rings is 1. The fraction of sp³-hybridized carbons (Fsp3) is 0. The van der Waals surface area contributed by atoms with Crippen LogP contribution < -0.4 is 4.90 Å². The number of anilines is 3. The zero-order chi connectivity index (χ0) is 33.7. The van der Waals surface area contributed by atoms with Crippen LogP contribution in [0.3, 0.4) is 0 Å². The molecule has 0 aliphatic heterocycles. The molecular formula is C48H31NOS. The molecule has 2 aromatic heterocycles. The Balaban J connectivity index is 1.18. The predicted octanol–water partition coefficient (Wildman–Crippen LogP) is 14.4. The standard InChI is InChI=1S/C48H31NOS/c1-3-12-32(13-4-1)35-16-11-17-36(30-35)33-22-24-37(25-23-33)49(38-26-29-45-42(31-38)40-18-7-9-20-44(40)50-45)43-28-27-39(34-14-5-2-6-15-34)47-41-19-8-10-21-46(41)51-48(43)47/h1-31H. The Morgan fingerprint density at radius 2 is 1.00 bits per heavy atom. The third-order valence-corrected chi connectivity index (χ3v) is 11.1. The maximum absolute atomic E-state index is 6.26. The van der Waals surface area contributed by atoms with Crippen molar-refractivity contribution in [3.05, 3.63) is 188 Å². The van der Waals surface area contributed by atoms with Crippen molar-refractivity contribution in [2.45, 2.75) is 0 Å². The fourth-order valence-corrected chi connectivity index (χ4v) is 8.67. The lowest BCUT2D eigenvalue weighted by Gasteiger charge is -2.27. The van der Waals surface area contributed by atoms with Crippen LogP contribution in [0.4, 0.5) is 17.1 Å². The summed E-state index contributed by atoms with van der Waals surface area (Å²) in [4.78, 5) is 2.41. The van der Waals surface area contributed by atoms with Crippen LogP contribution in [-0.2, 0) is 0 Å². The van der Waals surface area contributed by atoms with Crippen molar-refractivity contribution in [3.8, 4) is 33.4 Å². The van der Waals surface area contributed by atoms with E-state index in [4.69, 9.17) is 4.42 Å². The van der Waals surface area contributed by atoms with Crippen LogP contribution in [0.1, 0.15) is 0 Å². The lowest BCUT2D eigenvalue weighted by atomic mass is 9.97. The highest BCUT2D eigenvalue weighted by Crippen LogP contribution is 2.49. The SMILES string of the molecule is c1ccc(-c2cccc(-c3ccc(N(c4ccc5oc6ccccc6c5c4)c4ccc(-c5ccccc5)c5c4sc4ccccc45)cc3)c2)cc1. The van der Waals surface area contributed by atoms with E-state index in [1.54, 1.807) is 0 Å². The molecule has 8 aromatic carbocycles. The van der Waals surface area contributed by atoms with E-state index in [1.807, 2.05) is 23.5 Å². The molecule has 3 heteroatoms. The smallest absolute Gasteiger partial charge is 0.135 e. The van der Waals surface area contributed by atoms with Gasteiger partial charge in [-0.25, -0.2) is 0 Å². The monoisotopic (exact) mass is 669 g/mol. The Hall–Kier alpha value is -6.42. The number of thiophene rings is 1. The van der Waals surface area contributed by atoms with Gasteiger partial charge < -0.3 is 9.32 Å². The van der Waals surface area contributed by atoms with E-state index in [2.05, 4.69) is 181 Å². The number of hydrogen-bond acceptors (Lipinski definition) is 3. The first-order valence-corrected chi connectivity index (χ1v) is 18.1. The van der Waals surface area contributed by atoms with E-state index in [9.17, 15) is 0 Å². The molecule has 51 heavy (non-hydrogen) atoms. The van der Waals surface area contributed by atoms with Gasteiger partial charge in [0.1, 0.15) is 11.2 Å². The molecule has 0 aliphatic carbocycles. The molecule has 0 N–H and O–H groups in total. The highest BCUT2D eigenvalue weighted by Gasteiger charge is 2.22. The van der Waals surface area contributed by atoms with Crippen molar-refractivity contribution in [2.75, 3.05) is 4.90 Å². The first-order valence-electron chi connectivity index (χ1n) is 17.3. The largest absolute Gasteiger partial charge is 0.456 e. The molecule has 0 unspecified atom stereocenters. The molecule has 0 aliphatic rings. The van der Waals surface area contributed by atoms with E-state index in [0.717, 1.165) is 39.0 Å². The number of hydrogen-bond donors (Lipinski definition) is 0. The molecule has 0 saturated carbocycles. The first kappa shape index (κ1) is 29.5. The van der Waals surface area contributed by atoms with Gasteiger partial charge in [0.15, 0.2) is 0 Å². The average Bonchev–Trinajstić information content (AvgIpc) is 3.78. The summed E-state index contributed by atoms with van der Waals surface area (Å²) in [6.07, 6.45) is 0. The molecule has 0 amide bonds. The Kier molecular flexibility index (Phi) is 7.04. The summed E-state index contributed by atoms with van der Waals surface area (Å²) in [6, 6.07) is 67.4. The topological polar surface area (TPSA) is 16.4 Å². The third kappa shape index (κ3) is 5.10. The molecule has 2 heterocycles. The summed E-state index contributed by atoms with van der Waals surface area (Å²) in [5.74, 6) is 0. The van der Waals surface area contributed by atoms with Gasteiger partial charge in [-0.3, -0.25) is 0 Å². The molecular weight excluding hydrogens is 639 g/mol. The highest BCUT2D eigenvalue weighted by molar-refractivity contribution is 7.26. The van der Waals surface area contributed by atoms with Gasteiger partial charge in [0.2, 0.25) is 0 Å². The van der Waals surface area contributed by atoms with E-state index < -0.39 is 0 Å². The van der Waals surface area contributed by atoms with Crippen LogP contribution in [0.5, 0.6) is 0 Å². The van der Waals surface area contributed by atoms with Gasteiger partial charge in [0, 0.05) is 37.6 Å². The highest BCUT2D eigenvalue weighted by atomic mass is 32.1. The second kappa shape index (κ2) is 12.2. The third-order valence-electron chi connectivity index (χ3n) is 9.88. The molecule has 0 radical (unpaired) electrons. The van der Waals surface area contributed by atoms with Gasteiger partial charge in [0.25, 0.3) is 0 Å². The normalized spacial score (nSPS) is 11.5. The minimum atomic E-state index is 0.889. The summed E-state index contributed by atoms with van der Waals surface area (Å²) in [7, 11) is 0. The second-order valence-electron chi connectivity index (χ2n) is 12.9. The summed E-state index contributed by atoms with van der Waals surface area (Å²) < 4.78 is 8.80. The second-order valence-corrected chi connectivity index (χ2v) is 14.0. The Labute approximate surface area is 300 Å². The zero-order valence-electron chi connectivity index (χ0n) is 27.7. The number of rotatable bonds is 6. The summed E-state index contributed by atoms with van der Waals surface area (Å²) >= 11 is 1.86. The fourth-order valence-electron chi connectivity index (χ4n) is 7.44. The number of nitrogens with zero attached hydrogens (tertiary/aromatic N) is 1. The molecule has 0 spiro atoms. The maximum atomic E-state index is 6.26. The average molecular weight is 670 g/mol. The van der Waals surface area contributed by atoms with Crippen LogP contribution >= 0.6 is 11.3 Å². The molecule has 0 saturated heterocycles. The van der Waals surface area contributed by atoms with Crippen molar-refractivity contribution in [1.29, 1.82) is 0 Å². The molecule has 2 nitrogen and oxygen atoms in total. The summed E-state index contributed by atoms with van der Waals surface area (Å²) in [5.41, 5.74) is 12.4. The van der Waals surface area contributed by atoms with E-state index >= 15 is 0 Å². The van der Waals surface area contributed by atoms with Crippen LogP contribution in [0.25, 0.3) is 75.5 Å². The minimum absolute atomic E-state index is 0.889. The molecule has 0 bridgehead atoms. The van der Waals surface area contributed by atoms with E-state index in [1.165, 1.54) is 53.6 Å². The number of para-hydroxylation sites is 1. The van der Waals surface area contributed by atoms with Crippen molar-refractivity contribution in [2.24, 2.45) is 0 Å². The van der Waals surface area contributed by atoms with Crippen LogP contribution in [0, 0.1) is 0 Å². The predicted molar refractivity (Wildman–Crippen MR) is 218 cm³/mol. The van der Waals surface area contributed by atoms with E-state index in [-0.39, 0.29) is 0 Å². The van der Waals surface area contributed by atoms with Crippen molar-refractivity contribution in [1.82, 2.24) is 0 Å². The van der Waals surface area contributed by atoms with Gasteiger partial charge >= 0.3 is 0 Å². The quantitative estimate of drug-likeness (QED) is 0.175.